The van der Waals surface area contributed by atoms with Crippen molar-refractivity contribution in [1.82, 2.24) is 10.2 Å². The summed E-state index contributed by atoms with van der Waals surface area (Å²) in [4.78, 5) is 2.83. The van der Waals surface area contributed by atoms with Crippen molar-refractivity contribution in [3.05, 3.63) is 0 Å². The van der Waals surface area contributed by atoms with Gasteiger partial charge < -0.3 is 10.1 Å². The van der Waals surface area contributed by atoms with E-state index >= 15 is 0 Å². The summed E-state index contributed by atoms with van der Waals surface area (Å²) in [5, 5.41) is 3.87. The van der Waals surface area contributed by atoms with Crippen molar-refractivity contribution in [3.63, 3.8) is 0 Å². The lowest BCUT2D eigenvalue weighted by atomic mass is 9.86. The average molecular weight is 294 g/mol. The fraction of sp³-hybridized carbons (Fsp3) is 1.00. The fourth-order valence-electron chi connectivity index (χ4n) is 4.40. The molecule has 2 saturated heterocycles. The minimum Gasteiger partial charge on any atom is -0.378 e. The monoisotopic (exact) mass is 294 g/mol. The highest BCUT2D eigenvalue weighted by molar-refractivity contribution is 5.01. The van der Waals surface area contributed by atoms with Crippen molar-refractivity contribution in [3.8, 4) is 0 Å². The van der Waals surface area contributed by atoms with Gasteiger partial charge in [-0.15, -0.1) is 0 Å². The van der Waals surface area contributed by atoms with Crippen LogP contribution in [0.2, 0.25) is 0 Å². The third kappa shape index (κ3) is 3.62. The maximum Gasteiger partial charge on any atom is 0.0576 e. The third-order valence-electron chi connectivity index (χ3n) is 6.27. The molecule has 2 unspecified atom stereocenters. The van der Waals surface area contributed by atoms with Crippen molar-refractivity contribution < 1.29 is 4.74 Å². The molecule has 2 aliphatic heterocycles. The zero-order valence-electron chi connectivity index (χ0n) is 14.1. The zero-order valence-corrected chi connectivity index (χ0v) is 14.1. The normalized spacial score (nSPS) is 33.4. The molecule has 2 atom stereocenters. The van der Waals surface area contributed by atoms with E-state index in [1.807, 2.05) is 0 Å². The van der Waals surface area contributed by atoms with Gasteiger partial charge in [0.15, 0.2) is 0 Å². The van der Waals surface area contributed by atoms with Crippen molar-refractivity contribution in [2.24, 2.45) is 5.92 Å². The number of hydrogen-bond acceptors (Lipinski definition) is 3. The van der Waals surface area contributed by atoms with E-state index < -0.39 is 0 Å². The van der Waals surface area contributed by atoms with Crippen LogP contribution in [0.4, 0.5) is 0 Å². The molecule has 3 fully saturated rings. The second-order valence-corrected chi connectivity index (χ2v) is 7.48. The third-order valence-corrected chi connectivity index (χ3v) is 6.27. The van der Waals surface area contributed by atoms with Crippen LogP contribution < -0.4 is 5.32 Å². The van der Waals surface area contributed by atoms with Crippen molar-refractivity contribution in [1.29, 1.82) is 0 Å². The Morgan fingerprint density at radius 3 is 2.62 bits per heavy atom. The van der Waals surface area contributed by atoms with Gasteiger partial charge in [0.05, 0.1) is 6.10 Å². The van der Waals surface area contributed by atoms with Crippen LogP contribution in [0.15, 0.2) is 0 Å². The maximum atomic E-state index is 5.79. The summed E-state index contributed by atoms with van der Waals surface area (Å²) in [5.41, 5.74) is 0.405. The van der Waals surface area contributed by atoms with Gasteiger partial charge in [0.2, 0.25) is 0 Å². The Kier molecular flexibility index (Phi) is 5.23. The lowest BCUT2D eigenvalue weighted by molar-refractivity contribution is 0.0212. The van der Waals surface area contributed by atoms with E-state index in [4.69, 9.17) is 4.74 Å². The zero-order chi connectivity index (χ0) is 14.7. The summed E-state index contributed by atoms with van der Waals surface area (Å²) in [5.74, 6) is 0.970. The summed E-state index contributed by atoms with van der Waals surface area (Å²) in [6.45, 7) is 9.48. The molecule has 0 bridgehead atoms. The van der Waals surface area contributed by atoms with Crippen LogP contribution in [0.1, 0.15) is 65.2 Å². The molecule has 2 heterocycles. The Balaban J connectivity index is 1.53. The van der Waals surface area contributed by atoms with E-state index in [2.05, 4.69) is 24.1 Å². The molecule has 3 aliphatic rings. The summed E-state index contributed by atoms with van der Waals surface area (Å²) in [6.07, 6.45) is 11.1. The smallest absolute Gasteiger partial charge is 0.0576 e. The van der Waals surface area contributed by atoms with E-state index in [0.717, 1.165) is 18.6 Å². The first-order valence-corrected chi connectivity index (χ1v) is 9.37. The van der Waals surface area contributed by atoms with Gasteiger partial charge in [-0.25, -0.2) is 0 Å². The maximum absolute atomic E-state index is 5.79. The molecule has 1 saturated carbocycles. The van der Waals surface area contributed by atoms with E-state index in [9.17, 15) is 0 Å². The van der Waals surface area contributed by atoms with E-state index in [-0.39, 0.29) is 0 Å². The second-order valence-electron chi connectivity index (χ2n) is 7.48. The predicted molar refractivity (Wildman–Crippen MR) is 87.6 cm³/mol. The first-order valence-electron chi connectivity index (χ1n) is 9.37. The van der Waals surface area contributed by atoms with Gasteiger partial charge in [-0.3, -0.25) is 4.90 Å². The summed E-state index contributed by atoms with van der Waals surface area (Å²) in [7, 11) is 0. The van der Waals surface area contributed by atoms with Gasteiger partial charge >= 0.3 is 0 Å². The first-order chi connectivity index (χ1) is 10.3. The molecular formula is C18H34N2O. The number of piperazine rings is 1. The van der Waals surface area contributed by atoms with Crippen molar-refractivity contribution >= 4 is 0 Å². The first kappa shape index (κ1) is 15.8. The Bertz CT molecular complexity index is 319. The predicted octanol–water partition coefficient (Wildman–Crippen LogP) is 3.19. The van der Waals surface area contributed by atoms with E-state index in [1.54, 1.807) is 0 Å². The van der Waals surface area contributed by atoms with E-state index in [1.165, 1.54) is 71.0 Å². The molecule has 0 aromatic carbocycles. The summed E-state index contributed by atoms with van der Waals surface area (Å²) < 4.78 is 5.79. The van der Waals surface area contributed by atoms with Crippen LogP contribution in [-0.2, 0) is 4.74 Å². The molecule has 0 radical (unpaired) electrons. The molecule has 3 rings (SSSR count). The Morgan fingerprint density at radius 2 is 2.00 bits per heavy atom. The Morgan fingerprint density at radius 1 is 1.19 bits per heavy atom. The van der Waals surface area contributed by atoms with Gasteiger partial charge in [0.1, 0.15) is 0 Å². The highest BCUT2D eigenvalue weighted by Gasteiger charge is 2.42. The highest BCUT2D eigenvalue weighted by Crippen LogP contribution is 2.37. The molecule has 122 valence electrons. The SMILES string of the molecule is CCC1(CC)CNC(C2CC2)CN1CCCC1CCCO1. The van der Waals surface area contributed by atoms with Gasteiger partial charge in [0, 0.05) is 31.3 Å². The molecular weight excluding hydrogens is 260 g/mol. The number of nitrogens with one attached hydrogen (secondary N) is 1. The van der Waals surface area contributed by atoms with Gasteiger partial charge in [-0.1, -0.05) is 13.8 Å². The Labute approximate surface area is 130 Å². The topological polar surface area (TPSA) is 24.5 Å². The van der Waals surface area contributed by atoms with Crippen molar-refractivity contribution in [2.75, 3.05) is 26.2 Å². The number of rotatable bonds is 7. The van der Waals surface area contributed by atoms with Gasteiger partial charge in [0.25, 0.3) is 0 Å². The summed E-state index contributed by atoms with van der Waals surface area (Å²) in [6, 6.07) is 0.763. The lowest BCUT2D eigenvalue weighted by Crippen LogP contribution is -2.64. The molecule has 1 aliphatic carbocycles. The summed E-state index contributed by atoms with van der Waals surface area (Å²) >= 11 is 0. The van der Waals surface area contributed by atoms with Crippen LogP contribution in [-0.4, -0.2) is 48.8 Å². The molecule has 3 nitrogen and oxygen atoms in total. The van der Waals surface area contributed by atoms with Crippen LogP contribution in [0.5, 0.6) is 0 Å². The molecule has 0 aromatic rings. The minimum absolute atomic E-state index is 0.405. The molecule has 0 aromatic heterocycles. The lowest BCUT2D eigenvalue weighted by Gasteiger charge is -2.50. The highest BCUT2D eigenvalue weighted by atomic mass is 16.5. The number of ether oxygens (including phenoxy) is 1. The van der Waals surface area contributed by atoms with Crippen LogP contribution in [0.25, 0.3) is 0 Å². The average Bonchev–Trinajstić information content (AvgIpc) is 3.24. The molecule has 21 heavy (non-hydrogen) atoms. The molecule has 0 amide bonds. The quantitative estimate of drug-likeness (QED) is 0.780. The second kappa shape index (κ2) is 6.97. The molecule has 3 heteroatoms. The largest absolute Gasteiger partial charge is 0.378 e. The van der Waals surface area contributed by atoms with E-state index in [0.29, 0.717) is 11.6 Å². The van der Waals surface area contributed by atoms with Crippen LogP contribution in [0.3, 0.4) is 0 Å². The fourth-order valence-corrected chi connectivity index (χ4v) is 4.40. The van der Waals surface area contributed by atoms with Crippen molar-refractivity contribution in [2.45, 2.75) is 82.9 Å². The number of nitrogens with zero attached hydrogens (tertiary/aromatic N) is 1. The van der Waals surface area contributed by atoms with Crippen LogP contribution in [0, 0.1) is 5.92 Å². The Hall–Kier alpha value is -0.120. The number of hydrogen-bond donors (Lipinski definition) is 1. The molecule has 0 spiro atoms. The minimum atomic E-state index is 0.405. The van der Waals surface area contributed by atoms with Crippen LogP contribution >= 0.6 is 0 Å². The standard InChI is InChI=1S/C18H34N2O/c1-3-18(4-2)14-19-17(15-9-10-15)13-20(18)11-5-7-16-8-6-12-21-16/h15-17,19H,3-14H2,1-2H3. The van der Waals surface area contributed by atoms with Gasteiger partial charge in [-0.05, 0) is 63.8 Å². The van der Waals surface area contributed by atoms with Gasteiger partial charge in [-0.2, -0.15) is 0 Å². The molecule has 1 N–H and O–H groups in total.